The number of amides is 3. The molecular formula is C27H23FN2O4S. The number of nitrogens with zero attached hydrogens (tertiary/aromatic N) is 1. The summed E-state index contributed by atoms with van der Waals surface area (Å²) >= 11 is 0.800. The third-order valence-corrected chi connectivity index (χ3v) is 6.24. The molecule has 1 aliphatic heterocycles. The number of halogens is 1. The van der Waals surface area contributed by atoms with Crippen molar-refractivity contribution in [1.29, 1.82) is 0 Å². The van der Waals surface area contributed by atoms with Crippen LogP contribution in [0.2, 0.25) is 0 Å². The van der Waals surface area contributed by atoms with Crippen molar-refractivity contribution in [3.8, 4) is 5.75 Å². The molecule has 3 aromatic carbocycles. The molecule has 0 radical (unpaired) electrons. The van der Waals surface area contributed by atoms with Crippen molar-refractivity contribution in [3.05, 3.63) is 99.7 Å². The monoisotopic (exact) mass is 490 g/mol. The van der Waals surface area contributed by atoms with Gasteiger partial charge in [0, 0.05) is 5.69 Å². The fourth-order valence-corrected chi connectivity index (χ4v) is 4.32. The molecule has 1 N–H and O–H groups in total. The molecule has 0 unspecified atom stereocenters. The van der Waals surface area contributed by atoms with Gasteiger partial charge in [-0.05, 0) is 78.7 Å². The molecule has 1 fully saturated rings. The van der Waals surface area contributed by atoms with E-state index in [0.717, 1.165) is 33.4 Å². The lowest BCUT2D eigenvalue weighted by molar-refractivity contribution is -0.127. The van der Waals surface area contributed by atoms with E-state index in [4.69, 9.17) is 4.74 Å². The van der Waals surface area contributed by atoms with Crippen molar-refractivity contribution in [2.24, 2.45) is 0 Å². The molecule has 0 saturated carbocycles. The zero-order valence-corrected chi connectivity index (χ0v) is 20.0. The summed E-state index contributed by atoms with van der Waals surface area (Å²) in [5, 5.41) is 2.27. The molecule has 0 bridgehead atoms. The number of anilines is 1. The Morgan fingerprint density at radius 2 is 1.74 bits per heavy atom. The number of thioether (sulfide) groups is 1. The zero-order valence-electron chi connectivity index (χ0n) is 19.2. The van der Waals surface area contributed by atoms with Crippen LogP contribution in [0.4, 0.5) is 14.9 Å². The summed E-state index contributed by atoms with van der Waals surface area (Å²) in [4.78, 5) is 38.8. The number of hydrogen-bond donors (Lipinski definition) is 1. The van der Waals surface area contributed by atoms with Gasteiger partial charge >= 0.3 is 0 Å². The molecular weight excluding hydrogens is 467 g/mol. The molecule has 8 heteroatoms. The first-order chi connectivity index (χ1) is 16.8. The van der Waals surface area contributed by atoms with Crippen LogP contribution in [0.3, 0.4) is 0 Å². The second kappa shape index (κ2) is 10.6. The van der Waals surface area contributed by atoms with Crippen LogP contribution in [0.15, 0.2) is 71.6 Å². The number of rotatable bonds is 7. The van der Waals surface area contributed by atoms with Crippen LogP contribution < -0.4 is 10.1 Å². The third-order valence-electron chi connectivity index (χ3n) is 5.33. The highest BCUT2D eigenvalue weighted by atomic mass is 32.2. The topological polar surface area (TPSA) is 75.7 Å². The first-order valence-corrected chi connectivity index (χ1v) is 11.7. The van der Waals surface area contributed by atoms with E-state index in [-0.39, 0.29) is 17.3 Å². The summed E-state index contributed by atoms with van der Waals surface area (Å²) in [6.45, 7) is 3.78. The van der Waals surface area contributed by atoms with Gasteiger partial charge in [0.2, 0.25) is 5.91 Å². The molecule has 35 heavy (non-hydrogen) atoms. The molecule has 1 heterocycles. The number of nitrogens with one attached hydrogen (secondary N) is 1. The second-order valence-electron chi connectivity index (χ2n) is 8.12. The van der Waals surface area contributed by atoms with Crippen LogP contribution in [0.1, 0.15) is 22.3 Å². The number of benzene rings is 3. The largest absolute Gasteiger partial charge is 0.489 e. The highest BCUT2D eigenvalue weighted by Gasteiger charge is 2.36. The summed E-state index contributed by atoms with van der Waals surface area (Å²) in [7, 11) is 0. The van der Waals surface area contributed by atoms with E-state index in [1.807, 2.05) is 26.0 Å². The number of imide groups is 1. The van der Waals surface area contributed by atoms with Crippen LogP contribution in [-0.2, 0) is 16.2 Å². The Kier molecular flexibility index (Phi) is 7.31. The lowest BCUT2D eigenvalue weighted by Gasteiger charge is -2.14. The van der Waals surface area contributed by atoms with E-state index < -0.39 is 17.1 Å². The van der Waals surface area contributed by atoms with Gasteiger partial charge in [-0.2, -0.15) is 0 Å². The SMILES string of the molecule is Cc1ccc(NC(=O)CN2C(=O)S/C(=C\c3ccc(OCc4ccc(F)cc4)cc3)C2=O)c(C)c1. The molecule has 178 valence electrons. The minimum Gasteiger partial charge on any atom is -0.489 e. The summed E-state index contributed by atoms with van der Waals surface area (Å²) in [5.74, 6) is -0.636. The van der Waals surface area contributed by atoms with Crippen LogP contribution in [-0.4, -0.2) is 28.5 Å². The predicted octanol–water partition coefficient (Wildman–Crippen LogP) is 5.70. The average Bonchev–Trinajstić information content (AvgIpc) is 3.08. The fraction of sp³-hybridized carbons (Fsp3) is 0.148. The fourth-order valence-electron chi connectivity index (χ4n) is 3.48. The molecule has 3 aromatic rings. The van der Waals surface area contributed by atoms with Crippen molar-refractivity contribution in [2.45, 2.75) is 20.5 Å². The van der Waals surface area contributed by atoms with Crippen molar-refractivity contribution in [3.63, 3.8) is 0 Å². The number of hydrogen-bond acceptors (Lipinski definition) is 5. The van der Waals surface area contributed by atoms with Gasteiger partial charge in [0.1, 0.15) is 24.7 Å². The standard InChI is InChI=1S/C27H23FN2O4S/c1-17-3-12-23(18(2)13-17)29-25(31)15-30-26(32)24(35-27(30)33)14-19-6-10-22(11-7-19)34-16-20-4-8-21(28)9-5-20/h3-14H,15-16H2,1-2H3,(H,29,31)/b24-14-. The predicted molar refractivity (Wildman–Crippen MR) is 134 cm³/mol. The molecule has 1 saturated heterocycles. The van der Waals surface area contributed by atoms with Crippen molar-refractivity contribution in [2.75, 3.05) is 11.9 Å². The van der Waals surface area contributed by atoms with E-state index in [1.165, 1.54) is 12.1 Å². The van der Waals surface area contributed by atoms with E-state index in [0.29, 0.717) is 23.6 Å². The van der Waals surface area contributed by atoms with E-state index in [1.54, 1.807) is 48.5 Å². The number of carbonyl (C=O) groups excluding carboxylic acids is 3. The Morgan fingerprint density at radius 3 is 2.43 bits per heavy atom. The maximum atomic E-state index is 13.0. The van der Waals surface area contributed by atoms with Gasteiger partial charge in [-0.25, -0.2) is 4.39 Å². The minimum absolute atomic E-state index is 0.245. The summed E-state index contributed by atoms with van der Waals surface area (Å²) in [6.07, 6.45) is 1.61. The molecule has 3 amide bonds. The molecule has 0 atom stereocenters. The molecule has 4 rings (SSSR count). The van der Waals surface area contributed by atoms with Gasteiger partial charge in [0.15, 0.2) is 0 Å². The van der Waals surface area contributed by atoms with Gasteiger partial charge in [-0.15, -0.1) is 0 Å². The van der Waals surface area contributed by atoms with Gasteiger partial charge in [-0.3, -0.25) is 19.3 Å². The summed E-state index contributed by atoms with van der Waals surface area (Å²) < 4.78 is 18.7. The Balaban J connectivity index is 1.36. The molecule has 0 spiro atoms. The number of aryl methyl sites for hydroxylation is 2. The van der Waals surface area contributed by atoms with Crippen molar-refractivity contribution in [1.82, 2.24) is 4.90 Å². The second-order valence-corrected chi connectivity index (χ2v) is 9.11. The lowest BCUT2D eigenvalue weighted by Crippen LogP contribution is -2.36. The minimum atomic E-state index is -0.507. The lowest BCUT2D eigenvalue weighted by atomic mass is 10.1. The smallest absolute Gasteiger partial charge is 0.294 e. The Morgan fingerprint density at radius 1 is 1.03 bits per heavy atom. The molecule has 0 aliphatic carbocycles. The van der Waals surface area contributed by atoms with Gasteiger partial charge < -0.3 is 10.1 Å². The van der Waals surface area contributed by atoms with Crippen LogP contribution in [0, 0.1) is 19.7 Å². The van der Waals surface area contributed by atoms with Crippen LogP contribution >= 0.6 is 11.8 Å². The summed E-state index contributed by atoms with van der Waals surface area (Å²) in [6, 6.07) is 18.7. The first-order valence-electron chi connectivity index (χ1n) is 10.9. The highest BCUT2D eigenvalue weighted by molar-refractivity contribution is 8.18. The Hall–Kier alpha value is -3.91. The van der Waals surface area contributed by atoms with E-state index in [9.17, 15) is 18.8 Å². The van der Waals surface area contributed by atoms with Gasteiger partial charge in [-0.1, -0.05) is 42.0 Å². The van der Waals surface area contributed by atoms with Gasteiger partial charge in [0.05, 0.1) is 4.91 Å². The Bertz CT molecular complexity index is 1300. The maximum absolute atomic E-state index is 13.0. The molecule has 1 aliphatic rings. The molecule has 0 aromatic heterocycles. The average molecular weight is 491 g/mol. The van der Waals surface area contributed by atoms with Crippen LogP contribution in [0.5, 0.6) is 5.75 Å². The summed E-state index contributed by atoms with van der Waals surface area (Å²) in [5.41, 5.74) is 4.17. The van der Waals surface area contributed by atoms with Crippen molar-refractivity contribution >= 4 is 40.6 Å². The van der Waals surface area contributed by atoms with Gasteiger partial charge in [0.25, 0.3) is 11.1 Å². The first kappa shape index (κ1) is 24.2. The van der Waals surface area contributed by atoms with E-state index >= 15 is 0 Å². The third kappa shape index (κ3) is 6.16. The van der Waals surface area contributed by atoms with E-state index in [2.05, 4.69) is 5.32 Å². The Labute approximate surface area is 206 Å². The van der Waals surface area contributed by atoms with Crippen molar-refractivity contribution < 1.29 is 23.5 Å². The highest BCUT2D eigenvalue weighted by Crippen LogP contribution is 2.32. The normalized spacial score (nSPS) is 14.5. The quantitative estimate of drug-likeness (QED) is 0.430. The van der Waals surface area contributed by atoms with Crippen LogP contribution in [0.25, 0.3) is 6.08 Å². The number of ether oxygens (including phenoxy) is 1. The molecule has 6 nitrogen and oxygen atoms in total. The zero-order chi connectivity index (χ0) is 24.9. The number of carbonyl (C=O) groups is 3. The maximum Gasteiger partial charge on any atom is 0.294 e.